The summed E-state index contributed by atoms with van der Waals surface area (Å²) in [5.41, 5.74) is 8.00. The molecule has 0 unspecified atom stereocenters. The first-order valence-corrected chi connectivity index (χ1v) is 6.39. The van der Waals surface area contributed by atoms with Crippen LogP contribution in [0, 0.1) is 6.92 Å². The number of thiocarbonyl (C=S) groups is 1. The lowest BCUT2D eigenvalue weighted by molar-refractivity contribution is 0.102. The SMILES string of the molecule is Cc1ccc(C(=O)Nc2ccc(C(N)=S)cc2)cc1O. The van der Waals surface area contributed by atoms with Crippen LogP contribution in [0.2, 0.25) is 0 Å². The molecule has 5 heteroatoms. The number of rotatable bonds is 3. The highest BCUT2D eigenvalue weighted by Gasteiger charge is 2.08. The highest BCUT2D eigenvalue weighted by Crippen LogP contribution is 2.18. The predicted octanol–water partition coefficient (Wildman–Crippen LogP) is 2.59. The minimum absolute atomic E-state index is 0.0986. The molecule has 1 amide bonds. The summed E-state index contributed by atoms with van der Waals surface area (Å²) in [4.78, 5) is 12.3. The van der Waals surface area contributed by atoms with E-state index in [1.54, 1.807) is 43.3 Å². The van der Waals surface area contributed by atoms with Crippen LogP contribution in [0.5, 0.6) is 5.75 Å². The van der Waals surface area contributed by atoms with Crippen molar-refractivity contribution in [3.8, 4) is 5.75 Å². The standard InChI is InChI=1S/C15H14N2O2S/c1-9-2-3-11(8-13(9)18)15(19)17-12-6-4-10(5-7-12)14(16)20/h2-8,18H,1H3,(H2,16,20)(H,17,19). The number of carbonyl (C=O) groups excluding carboxylic acids is 1. The molecule has 2 aromatic carbocycles. The number of anilines is 1. The molecule has 0 saturated heterocycles. The number of aryl methyl sites for hydroxylation is 1. The molecule has 0 saturated carbocycles. The molecular weight excluding hydrogens is 272 g/mol. The molecule has 0 atom stereocenters. The smallest absolute Gasteiger partial charge is 0.255 e. The number of hydrogen-bond donors (Lipinski definition) is 3. The van der Waals surface area contributed by atoms with E-state index in [-0.39, 0.29) is 11.7 Å². The Morgan fingerprint density at radius 1 is 1.15 bits per heavy atom. The van der Waals surface area contributed by atoms with Crippen LogP contribution >= 0.6 is 12.2 Å². The van der Waals surface area contributed by atoms with Crippen LogP contribution in [-0.2, 0) is 0 Å². The highest BCUT2D eigenvalue weighted by atomic mass is 32.1. The van der Waals surface area contributed by atoms with E-state index in [2.05, 4.69) is 5.32 Å². The summed E-state index contributed by atoms with van der Waals surface area (Å²) in [6.45, 7) is 1.77. The lowest BCUT2D eigenvalue weighted by Crippen LogP contribution is -2.13. The Labute approximate surface area is 122 Å². The quantitative estimate of drug-likeness (QED) is 0.758. The van der Waals surface area contributed by atoms with Gasteiger partial charge in [-0.15, -0.1) is 0 Å². The van der Waals surface area contributed by atoms with E-state index < -0.39 is 0 Å². The van der Waals surface area contributed by atoms with Crippen LogP contribution in [0.15, 0.2) is 42.5 Å². The fraction of sp³-hybridized carbons (Fsp3) is 0.0667. The number of aromatic hydroxyl groups is 1. The fourth-order valence-electron chi connectivity index (χ4n) is 1.67. The number of phenolic OH excluding ortho intramolecular Hbond substituents is 1. The van der Waals surface area contributed by atoms with Gasteiger partial charge in [0.1, 0.15) is 10.7 Å². The predicted molar refractivity (Wildman–Crippen MR) is 83.1 cm³/mol. The van der Waals surface area contributed by atoms with E-state index in [0.29, 0.717) is 16.2 Å². The van der Waals surface area contributed by atoms with Gasteiger partial charge in [0.05, 0.1) is 0 Å². The Bertz CT molecular complexity index is 666. The third-order valence-corrected chi connectivity index (χ3v) is 3.13. The molecule has 4 nitrogen and oxygen atoms in total. The molecule has 102 valence electrons. The molecule has 2 rings (SSSR count). The maximum Gasteiger partial charge on any atom is 0.255 e. The molecule has 20 heavy (non-hydrogen) atoms. The van der Waals surface area contributed by atoms with Gasteiger partial charge in [0.15, 0.2) is 0 Å². The molecule has 0 radical (unpaired) electrons. The molecule has 0 fully saturated rings. The molecule has 0 spiro atoms. The van der Waals surface area contributed by atoms with Crippen LogP contribution in [-0.4, -0.2) is 16.0 Å². The zero-order chi connectivity index (χ0) is 14.7. The molecule has 0 aliphatic heterocycles. The van der Waals surface area contributed by atoms with Crippen molar-refractivity contribution in [1.29, 1.82) is 0 Å². The Morgan fingerprint density at radius 3 is 2.30 bits per heavy atom. The second-order valence-corrected chi connectivity index (χ2v) is 4.84. The van der Waals surface area contributed by atoms with E-state index in [0.717, 1.165) is 11.1 Å². The summed E-state index contributed by atoms with van der Waals surface area (Å²) in [5, 5.41) is 12.3. The maximum atomic E-state index is 12.0. The average molecular weight is 286 g/mol. The normalized spacial score (nSPS) is 10.1. The summed E-state index contributed by atoms with van der Waals surface area (Å²) in [6, 6.07) is 11.7. The molecule has 0 aliphatic carbocycles. The zero-order valence-electron chi connectivity index (χ0n) is 10.9. The third-order valence-electron chi connectivity index (χ3n) is 2.90. The van der Waals surface area contributed by atoms with Gasteiger partial charge in [0, 0.05) is 16.8 Å². The first-order valence-electron chi connectivity index (χ1n) is 5.98. The number of nitrogens with one attached hydrogen (secondary N) is 1. The van der Waals surface area contributed by atoms with Crippen molar-refractivity contribution in [1.82, 2.24) is 0 Å². The number of phenols is 1. The summed E-state index contributed by atoms with van der Waals surface area (Å²) in [5.74, 6) is -0.190. The first-order chi connectivity index (χ1) is 9.47. The first kappa shape index (κ1) is 14.0. The highest BCUT2D eigenvalue weighted by molar-refractivity contribution is 7.80. The number of carbonyl (C=O) groups is 1. The van der Waals surface area contributed by atoms with Crippen molar-refractivity contribution in [2.75, 3.05) is 5.32 Å². The molecule has 0 aromatic heterocycles. The summed E-state index contributed by atoms with van der Waals surface area (Å²) < 4.78 is 0. The lowest BCUT2D eigenvalue weighted by atomic mass is 10.1. The largest absolute Gasteiger partial charge is 0.508 e. The van der Waals surface area contributed by atoms with Gasteiger partial charge in [-0.2, -0.15) is 0 Å². The number of nitrogens with two attached hydrogens (primary N) is 1. The van der Waals surface area contributed by atoms with E-state index in [1.807, 2.05) is 0 Å². The second-order valence-electron chi connectivity index (χ2n) is 4.40. The van der Waals surface area contributed by atoms with E-state index in [4.69, 9.17) is 18.0 Å². The van der Waals surface area contributed by atoms with E-state index >= 15 is 0 Å². The number of amides is 1. The molecule has 2 aromatic rings. The third kappa shape index (κ3) is 3.13. The van der Waals surface area contributed by atoms with Crippen molar-refractivity contribution in [3.05, 3.63) is 59.2 Å². The van der Waals surface area contributed by atoms with Gasteiger partial charge in [0.2, 0.25) is 0 Å². The van der Waals surface area contributed by atoms with Gasteiger partial charge in [-0.3, -0.25) is 4.79 Å². The summed E-state index contributed by atoms with van der Waals surface area (Å²) >= 11 is 4.86. The van der Waals surface area contributed by atoms with Crippen LogP contribution in [0.3, 0.4) is 0 Å². The summed E-state index contributed by atoms with van der Waals surface area (Å²) in [6.07, 6.45) is 0. The van der Waals surface area contributed by atoms with E-state index in [9.17, 15) is 9.90 Å². The Morgan fingerprint density at radius 2 is 1.75 bits per heavy atom. The van der Waals surface area contributed by atoms with Gasteiger partial charge in [-0.25, -0.2) is 0 Å². The van der Waals surface area contributed by atoms with Crippen LogP contribution in [0.1, 0.15) is 21.5 Å². The van der Waals surface area contributed by atoms with Crippen molar-refractivity contribution in [2.24, 2.45) is 5.73 Å². The van der Waals surface area contributed by atoms with Crippen molar-refractivity contribution < 1.29 is 9.90 Å². The monoisotopic (exact) mass is 286 g/mol. The zero-order valence-corrected chi connectivity index (χ0v) is 11.7. The number of benzene rings is 2. The van der Waals surface area contributed by atoms with Crippen molar-refractivity contribution in [2.45, 2.75) is 6.92 Å². The van der Waals surface area contributed by atoms with Gasteiger partial charge < -0.3 is 16.2 Å². The Hall–Kier alpha value is -2.40. The fourth-order valence-corrected chi connectivity index (χ4v) is 1.81. The van der Waals surface area contributed by atoms with Gasteiger partial charge >= 0.3 is 0 Å². The molecular formula is C15H14N2O2S. The molecule has 0 aliphatic rings. The van der Waals surface area contributed by atoms with E-state index in [1.165, 1.54) is 6.07 Å². The second kappa shape index (κ2) is 5.71. The van der Waals surface area contributed by atoms with Gasteiger partial charge in [-0.05, 0) is 48.9 Å². The molecule has 0 bridgehead atoms. The Kier molecular flexibility index (Phi) is 4.00. The average Bonchev–Trinajstić information content (AvgIpc) is 2.42. The lowest BCUT2D eigenvalue weighted by Gasteiger charge is -2.07. The molecule has 0 heterocycles. The topological polar surface area (TPSA) is 75.4 Å². The van der Waals surface area contributed by atoms with Gasteiger partial charge in [-0.1, -0.05) is 18.3 Å². The van der Waals surface area contributed by atoms with Gasteiger partial charge in [0.25, 0.3) is 5.91 Å². The van der Waals surface area contributed by atoms with Crippen molar-refractivity contribution in [3.63, 3.8) is 0 Å². The Balaban J connectivity index is 2.14. The minimum atomic E-state index is -0.289. The van der Waals surface area contributed by atoms with Crippen LogP contribution < -0.4 is 11.1 Å². The van der Waals surface area contributed by atoms with Crippen molar-refractivity contribution >= 4 is 28.8 Å². The van der Waals surface area contributed by atoms with Crippen LogP contribution in [0.25, 0.3) is 0 Å². The maximum absolute atomic E-state index is 12.0. The summed E-state index contributed by atoms with van der Waals surface area (Å²) in [7, 11) is 0. The molecule has 4 N–H and O–H groups in total. The minimum Gasteiger partial charge on any atom is -0.508 e. The van der Waals surface area contributed by atoms with Crippen LogP contribution in [0.4, 0.5) is 5.69 Å². The number of hydrogen-bond acceptors (Lipinski definition) is 3.